The maximum atomic E-state index is 12.3. The second-order valence-corrected chi connectivity index (χ2v) is 4.70. The lowest BCUT2D eigenvalue weighted by molar-refractivity contribution is -0.169. The zero-order chi connectivity index (χ0) is 14.6. The van der Waals surface area contributed by atoms with Crippen molar-refractivity contribution in [3.8, 4) is 0 Å². The summed E-state index contributed by atoms with van der Waals surface area (Å²) in [5.74, 6) is -0.0809. The summed E-state index contributed by atoms with van der Waals surface area (Å²) in [5, 5.41) is 4.06. The number of hydrogen-bond donors (Lipinski definition) is 0. The number of ketones is 1. The molecule has 7 heteroatoms. The SMILES string of the molecule is CCOC(=O)C1(Cc2ncnn2CC)COCCC1=O. The molecule has 1 aliphatic rings. The molecule has 2 rings (SSSR count). The third-order valence-electron chi connectivity index (χ3n) is 3.48. The van der Waals surface area contributed by atoms with Gasteiger partial charge in [0, 0.05) is 19.4 Å². The molecule has 0 saturated carbocycles. The molecule has 20 heavy (non-hydrogen) atoms. The highest BCUT2D eigenvalue weighted by Gasteiger charge is 2.50. The molecule has 0 spiro atoms. The van der Waals surface area contributed by atoms with E-state index in [1.807, 2.05) is 6.92 Å². The Morgan fingerprint density at radius 2 is 2.35 bits per heavy atom. The van der Waals surface area contributed by atoms with Gasteiger partial charge in [0.1, 0.15) is 12.2 Å². The van der Waals surface area contributed by atoms with Crippen molar-refractivity contribution in [2.24, 2.45) is 5.41 Å². The van der Waals surface area contributed by atoms with E-state index in [9.17, 15) is 9.59 Å². The first-order chi connectivity index (χ1) is 9.64. The van der Waals surface area contributed by atoms with E-state index in [4.69, 9.17) is 9.47 Å². The van der Waals surface area contributed by atoms with Gasteiger partial charge >= 0.3 is 5.97 Å². The van der Waals surface area contributed by atoms with E-state index in [0.717, 1.165) is 0 Å². The lowest BCUT2D eigenvalue weighted by Gasteiger charge is -2.32. The summed E-state index contributed by atoms with van der Waals surface area (Å²) in [4.78, 5) is 28.7. The quantitative estimate of drug-likeness (QED) is 0.573. The van der Waals surface area contributed by atoms with E-state index in [1.54, 1.807) is 11.6 Å². The monoisotopic (exact) mass is 281 g/mol. The van der Waals surface area contributed by atoms with Gasteiger partial charge in [0.2, 0.25) is 0 Å². The van der Waals surface area contributed by atoms with Crippen LogP contribution in [0.4, 0.5) is 0 Å². The Kier molecular flexibility index (Phi) is 4.49. The van der Waals surface area contributed by atoms with Crippen LogP contribution in [0.3, 0.4) is 0 Å². The summed E-state index contributed by atoms with van der Waals surface area (Å²) < 4.78 is 12.1. The predicted octanol–water partition coefficient (Wildman–Crippen LogP) is 0.379. The highest BCUT2D eigenvalue weighted by Crippen LogP contribution is 2.30. The average molecular weight is 281 g/mol. The molecule has 1 aromatic rings. The number of carbonyl (C=O) groups is 2. The van der Waals surface area contributed by atoms with Crippen LogP contribution in [0.1, 0.15) is 26.1 Å². The van der Waals surface area contributed by atoms with Crippen LogP contribution < -0.4 is 0 Å². The van der Waals surface area contributed by atoms with Crippen molar-refractivity contribution in [2.75, 3.05) is 19.8 Å². The lowest BCUT2D eigenvalue weighted by atomic mass is 9.78. The summed E-state index contributed by atoms with van der Waals surface area (Å²) in [6.45, 7) is 4.89. The maximum absolute atomic E-state index is 12.3. The first-order valence-electron chi connectivity index (χ1n) is 6.79. The average Bonchev–Trinajstić information content (AvgIpc) is 2.88. The molecule has 1 aliphatic heterocycles. The summed E-state index contributed by atoms with van der Waals surface area (Å²) in [6, 6.07) is 0. The number of aryl methyl sites for hydroxylation is 1. The van der Waals surface area contributed by atoms with Gasteiger partial charge in [0.25, 0.3) is 0 Å². The number of carbonyl (C=O) groups excluding carboxylic acids is 2. The van der Waals surface area contributed by atoms with Gasteiger partial charge in [0.15, 0.2) is 11.2 Å². The third-order valence-corrected chi connectivity index (χ3v) is 3.48. The van der Waals surface area contributed by atoms with Crippen molar-refractivity contribution in [2.45, 2.75) is 33.2 Å². The fraction of sp³-hybridized carbons (Fsp3) is 0.692. The first-order valence-corrected chi connectivity index (χ1v) is 6.79. The van der Waals surface area contributed by atoms with Crippen LogP contribution in [0.5, 0.6) is 0 Å². The Balaban J connectivity index is 2.31. The lowest BCUT2D eigenvalue weighted by Crippen LogP contribution is -2.50. The number of rotatable bonds is 5. The molecule has 1 fully saturated rings. The molecule has 0 aromatic carbocycles. The van der Waals surface area contributed by atoms with Crippen molar-refractivity contribution >= 4 is 11.8 Å². The molecule has 0 N–H and O–H groups in total. The van der Waals surface area contributed by atoms with Crippen LogP contribution in [0, 0.1) is 5.41 Å². The Hall–Kier alpha value is -1.76. The molecule has 2 heterocycles. The topological polar surface area (TPSA) is 83.3 Å². The molecule has 0 amide bonds. The highest BCUT2D eigenvalue weighted by molar-refractivity contribution is 6.04. The minimum absolute atomic E-state index is 0.0429. The van der Waals surface area contributed by atoms with Crippen molar-refractivity contribution < 1.29 is 19.1 Å². The summed E-state index contributed by atoms with van der Waals surface area (Å²) in [5.41, 5.74) is -1.28. The number of nitrogens with zero attached hydrogens (tertiary/aromatic N) is 3. The predicted molar refractivity (Wildman–Crippen MR) is 68.9 cm³/mol. The van der Waals surface area contributed by atoms with Crippen LogP contribution in [0.25, 0.3) is 0 Å². The van der Waals surface area contributed by atoms with Crippen molar-refractivity contribution in [1.82, 2.24) is 14.8 Å². The largest absolute Gasteiger partial charge is 0.465 e. The third kappa shape index (κ3) is 2.58. The molecule has 0 bridgehead atoms. The van der Waals surface area contributed by atoms with Gasteiger partial charge in [-0.2, -0.15) is 5.10 Å². The number of esters is 1. The minimum Gasteiger partial charge on any atom is -0.465 e. The Bertz CT molecular complexity index is 500. The number of Topliss-reactive ketones (excluding diaryl/α,β-unsaturated/α-hetero) is 1. The van der Waals surface area contributed by atoms with E-state index in [-0.39, 0.29) is 31.8 Å². The molecular weight excluding hydrogens is 262 g/mol. The summed E-state index contributed by atoms with van der Waals surface area (Å²) in [7, 11) is 0. The molecule has 1 unspecified atom stereocenters. The van der Waals surface area contributed by atoms with Crippen LogP contribution in [0.2, 0.25) is 0 Å². The van der Waals surface area contributed by atoms with Gasteiger partial charge in [-0.25, -0.2) is 4.98 Å². The fourth-order valence-electron chi connectivity index (χ4n) is 2.35. The Labute approximate surface area is 117 Å². The molecule has 0 radical (unpaired) electrons. The van der Waals surface area contributed by atoms with Crippen LogP contribution in [-0.2, 0) is 32.0 Å². The van der Waals surface area contributed by atoms with Gasteiger partial charge in [-0.1, -0.05) is 0 Å². The second kappa shape index (κ2) is 6.13. The molecule has 1 aromatic heterocycles. The Morgan fingerprint density at radius 1 is 1.55 bits per heavy atom. The van der Waals surface area contributed by atoms with Crippen LogP contribution in [0.15, 0.2) is 6.33 Å². The van der Waals surface area contributed by atoms with E-state index in [1.165, 1.54) is 6.33 Å². The summed E-state index contributed by atoms with van der Waals surface area (Å²) >= 11 is 0. The molecule has 1 saturated heterocycles. The zero-order valence-corrected chi connectivity index (χ0v) is 11.8. The number of hydrogen-bond acceptors (Lipinski definition) is 6. The standard InChI is InChI=1S/C13H19N3O4/c1-3-16-11(14-9-15-16)7-13(12(18)20-4-2)8-19-6-5-10(13)17/h9H,3-8H2,1-2H3. The smallest absolute Gasteiger partial charge is 0.322 e. The van der Waals surface area contributed by atoms with E-state index in [2.05, 4.69) is 10.1 Å². The van der Waals surface area contributed by atoms with Gasteiger partial charge in [-0.15, -0.1) is 0 Å². The first kappa shape index (κ1) is 14.6. The minimum atomic E-state index is -1.28. The molecule has 1 atom stereocenters. The molecular formula is C13H19N3O4. The van der Waals surface area contributed by atoms with Gasteiger partial charge in [-0.05, 0) is 13.8 Å². The highest BCUT2D eigenvalue weighted by atomic mass is 16.5. The van der Waals surface area contributed by atoms with Gasteiger partial charge in [0.05, 0.1) is 19.8 Å². The van der Waals surface area contributed by atoms with Gasteiger partial charge in [-0.3, -0.25) is 14.3 Å². The molecule has 7 nitrogen and oxygen atoms in total. The molecule has 0 aliphatic carbocycles. The van der Waals surface area contributed by atoms with E-state index >= 15 is 0 Å². The van der Waals surface area contributed by atoms with E-state index < -0.39 is 11.4 Å². The number of aromatic nitrogens is 3. The zero-order valence-electron chi connectivity index (χ0n) is 11.8. The van der Waals surface area contributed by atoms with Crippen LogP contribution in [-0.4, -0.2) is 46.3 Å². The van der Waals surface area contributed by atoms with E-state index in [0.29, 0.717) is 19.0 Å². The van der Waals surface area contributed by atoms with Crippen molar-refractivity contribution in [1.29, 1.82) is 0 Å². The van der Waals surface area contributed by atoms with Gasteiger partial charge < -0.3 is 9.47 Å². The fourth-order valence-corrected chi connectivity index (χ4v) is 2.35. The normalized spacial score (nSPS) is 22.8. The van der Waals surface area contributed by atoms with Crippen molar-refractivity contribution in [3.63, 3.8) is 0 Å². The van der Waals surface area contributed by atoms with Crippen molar-refractivity contribution in [3.05, 3.63) is 12.2 Å². The van der Waals surface area contributed by atoms with Crippen LogP contribution >= 0.6 is 0 Å². The Morgan fingerprint density at radius 3 is 3.00 bits per heavy atom. The summed E-state index contributed by atoms with van der Waals surface area (Å²) in [6.07, 6.45) is 1.81. The number of ether oxygens (including phenoxy) is 2. The second-order valence-electron chi connectivity index (χ2n) is 4.70. The molecule has 110 valence electrons. The maximum Gasteiger partial charge on any atom is 0.322 e.